The van der Waals surface area contributed by atoms with Crippen molar-refractivity contribution in [3.05, 3.63) is 20.9 Å². The second-order valence-corrected chi connectivity index (χ2v) is 4.14. The Bertz CT molecular complexity index is 386. The molecule has 0 aromatic carbocycles. The van der Waals surface area contributed by atoms with E-state index in [1.54, 1.807) is 0 Å². The molecule has 8 heteroatoms. The lowest BCUT2D eigenvalue weighted by atomic mass is 10.1. The maximum Gasteiger partial charge on any atom is 0.574 e. The average molecular weight is 367 g/mol. The molecule has 0 aliphatic heterocycles. The first-order valence-corrected chi connectivity index (χ1v) is 5.59. The van der Waals surface area contributed by atoms with Crippen LogP contribution >= 0.6 is 34.2 Å². The zero-order valence-electron chi connectivity index (χ0n) is 7.68. The van der Waals surface area contributed by atoms with Gasteiger partial charge in [0.2, 0.25) is 5.88 Å². The summed E-state index contributed by atoms with van der Waals surface area (Å²) >= 11 is 7.36. The fraction of sp³-hybridized carbons (Fsp3) is 0.375. The van der Waals surface area contributed by atoms with E-state index in [1.165, 1.54) is 6.20 Å². The summed E-state index contributed by atoms with van der Waals surface area (Å²) in [5.41, 5.74) is 0.346. The van der Waals surface area contributed by atoms with Crippen LogP contribution in [-0.4, -0.2) is 16.5 Å². The minimum Gasteiger partial charge on any atom is -0.392 e. The summed E-state index contributed by atoms with van der Waals surface area (Å²) in [7, 11) is 0. The fourth-order valence-electron chi connectivity index (χ4n) is 1.05. The number of rotatable bonds is 3. The van der Waals surface area contributed by atoms with Crippen molar-refractivity contribution < 1.29 is 23.0 Å². The van der Waals surface area contributed by atoms with Gasteiger partial charge in [-0.05, 0) is 22.6 Å². The standard InChI is InChI=1S/C8H6ClF3INO2/c9-1-4-5(3-15)6(13)2-14-7(4)16-8(10,11)12/h2,15H,1,3H2. The van der Waals surface area contributed by atoms with Crippen LogP contribution in [0.25, 0.3) is 0 Å². The molecular weight excluding hydrogens is 361 g/mol. The number of pyridine rings is 1. The second-order valence-electron chi connectivity index (χ2n) is 2.71. The molecule has 0 radical (unpaired) electrons. The first kappa shape index (κ1) is 13.8. The lowest BCUT2D eigenvalue weighted by Gasteiger charge is -2.14. The van der Waals surface area contributed by atoms with Crippen LogP contribution in [0.15, 0.2) is 6.20 Å². The van der Waals surface area contributed by atoms with E-state index in [0.29, 0.717) is 9.13 Å². The van der Waals surface area contributed by atoms with Crippen molar-refractivity contribution in [2.75, 3.05) is 0 Å². The summed E-state index contributed by atoms with van der Waals surface area (Å²) in [6.45, 7) is -0.420. The highest BCUT2D eigenvalue weighted by Gasteiger charge is 2.33. The smallest absolute Gasteiger partial charge is 0.392 e. The Morgan fingerprint density at radius 1 is 1.44 bits per heavy atom. The minimum absolute atomic E-state index is 0.0494. The Kier molecular flexibility index (Phi) is 4.62. The average Bonchev–Trinajstić information content (AvgIpc) is 2.18. The van der Waals surface area contributed by atoms with Gasteiger partial charge in [0.15, 0.2) is 0 Å². The molecule has 0 amide bonds. The van der Waals surface area contributed by atoms with Crippen LogP contribution in [-0.2, 0) is 12.5 Å². The molecule has 0 fully saturated rings. The normalized spacial score (nSPS) is 11.6. The lowest BCUT2D eigenvalue weighted by molar-refractivity contribution is -0.276. The summed E-state index contributed by atoms with van der Waals surface area (Å²) in [4.78, 5) is 3.50. The van der Waals surface area contributed by atoms with Gasteiger partial charge < -0.3 is 9.84 Å². The van der Waals surface area contributed by atoms with Crippen LogP contribution in [0.5, 0.6) is 5.88 Å². The molecule has 0 unspecified atom stereocenters. The van der Waals surface area contributed by atoms with Crippen LogP contribution in [0.1, 0.15) is 11.1 Å². The molecular formula is C8H6ClF3INO2. The highest BCUT2D eigenvalue weighted by Crippen LogP contribution is 2.30. The predicted molar refractivity (Wildman–Crippen MR) is 59.1 cm³/mol. The van der Waals surface area contributed by atoms with Gasteiger partial charge in [0.1, 0.15) is 0 Å². The Morgan fingerprint density at radius 3 is 2.50 bits per heavy atom. The first-order valence-electron chi connectivity index (χ1n) is 3.98. The third kappa shape index (κ3) is 3.36. The number of aromatic nitrogens is 1. The van der Waals surface area contributed by atoms with Crippen molar-refractivity contribution in [2.24, 2.45) is 0 Å². The molecule has 1 N–H and O–H groups in total. The lowest BCUT2D eigenvalue weighted by Crippen LogP contribution is -2.19. The largest absolute Gasteiger partial charge is 0.574 e. The van der Waals surface area contributed by atoms with Gasteiger partial charge in [-0.3, -0.25) is 0 Å². The van der Waals surface area contributed by atoms with Gasteiger partial charge in [0.05, 0.1) is 12.5 Å². The van der Waals surface area contributed by atoms with Crippen molar-refractivity contribution in [3.63, 3.8) is 0 Å². The van der Waals surface area contributed by atoms with Gasteiger partial charge >= 0.3 is 6.36 Å². The number of nitrogens with zero attached hydrogens (tertiary/aromatic N) is 1. The van der Waals surface area contributed by atoms with Crippen molar-refractivity contribution in [2.45, 2.75) is 18.8 Å². The van der Waals surface area contributed by atoms with Crippen LogP contribution in [0.2, 0.25) is 0 Å². The van der Waals surface area contributed by atoms with E-state index in [9.17, 15) is 13.2 Å². The van der Waals surface area contributed by atoms with Crippen molar-refractivity contribution in [1.82, 2.24) is 4.98 Å². The summed E-state index contributed by atoms with van der Waals surface area (Å²) in [6, 6.07) is 0. The number of hydrogen-bond acceptors (Lipinski definition) is 3. The highest BCUT2D eigenvalue weighted by molar-refractivity contribution is 14.1. The number of aliphatic hydroxyl groups is 1. The van der Waals surface area contributed by atoms with Crippen LogP contribution in [0.4, 0.5) is 13.2 Å². The quantitative estimate of drug-likeness (QED) is 0.660. The molecule has 1 rings (SSSR count). The summed E-state index contributed by atoms with van der Waals surface area (Å²) in [5, 5.41) is 9.03. The molecule has 0 bridgehead atoms. The van der Waals surface area contributed by atoms with Crippen LogP contribution in [0, 0.1) is 3.57 Å². The van der Waals surface area contributed by atoms with Gasteiger partial charge in [0.25, 0.3) is 0 Å². The molecule has 0 atom stereocenters. The Morgan fingerprint density at radius 2 is 2.06 bits per heavy atom. The molecule has 0 aliphatic carbocycles. The SMILES string of the molecule is OCc1c(I)cnc(OC(F)(F)F)c1CCl. The molecule has 1 aromatic heterocycles. The number of aliphatic hydroxyl groups excluding tert-OH is 1. The predicted octanol–water partition coefficient (Wildman–Crippen LogP) is 2.82. The summed E-state index contributed by atoms with van der Waals surface area (Å²) < 4.78 is 40.3. The van der Waals surface area contributed by atoms with Gasteiger partial charge in [-0.25, -0.2) is 4.98 Å². The molecule has 90 valence electrons. The molecule has 1 aromatic rings. The molecule has 16 heavy (non-hydrogen) atoms. The fourth-order valence-corrected chi connectivity index (χ4v) is 1.96. The number of halogens is 5. The Balaban J connectivity index is 3.19. The van der Waals surface area contributed by atoms with E-state index >= 15 is 0 Å². The minimum atomic E-state index is -4.83. The summed E-state index contributed by atoms with van der Waals surface area (Å²) in [6.07, 6.45) is -3.64. The van der Waals surface area contributed by atoms with E-state index in [0.717, 1.165) is 0 Å². The van der Waals surface area contributed by atoms with Gasteiger partial charge in [0, 0.05) is 20.9 Å². The molecule has 1 heterocycles. The third-order valence-corrected chi connectivity index (χ3v) is 2.91. The van der Waals surface area contributed by atoms with Crippen molar-refractivity contribution in [1.29, 1.82) is 0 Å². The first-order chi connectivity index (χ1) is 7.39. The van der Waals surface area contributed by atoms with Crippen molar-refractivity contribution in [3.8, 4) is 5.88 Å². The van der Waals surface area contributed by atoms with E-state index < -0.39 is 18.8 Å². The number of alkyl halides is 4. The monoisotopic (exact) mass is 367 g/mol. The number of hydrogen-bond donors (Lipinski definition) is 1. The number of ether oxygens (including phenoxy) is 1. The van der Waals surface area contributed by atoms with E-state index in [1.807, 2.05) is 22.6 Å². The zero-order valence-corrected chi connectivity index (χ0v) is 10.6. The second kappa shape index (κ2) is 5.37. The topological polar surface area (TPSA) is 42.4 Å². The highest BCUT2D eigenvalue weighted by atomic mass is 127. The van der Waals surface area contributed by atoms with Gasteiger partial charge in [-0.1, -0.05) is 0 Å². The van der Waals surface area contributed by atoms with E-state index in [2.05, 4.69) is 9.72 Å². The molecule has 0 aliphatic rings. The molecule has 3 nitrogen and oxygen atoms in total. The Hall–Kier alpha value is -0.280. The van der Waals surface area contributed by atoms with Gasteiger partial charge in [-0.15, -0.1) is 24.8 Å². The molecule has 0 saturated heterocycles. The van der Waals surface area contributed by atoms with Gasteiger partial charge in [-0.2, -0.15) is 0 Å². The Labute approximate surface area is 108 Å². The molecule has 0 saturated carbocycles. The maximum atomic E-state index is 12.0. The van der Waals surface area contributed by atoms with E-state index in [-0.39, 0.29) is 11.4 Å². The van der Waals surface area contributed by atoms with Crippen LogP contribution < -0.4 is 4.74 Å². The van der Waals surface area contributed by atoms with E-state index in [4.69, 9.17) is 16.7 Å². The van der Waals surface area contributed by atoms with Crippen molar-refractivity contribution >= 4 is 34.2 Å². The third-order valence-electron chi connectivity index (χ3n) is 1.71. The maximum absolute atomic E-state index is 12.0. The molecule has 0 spiro atoms. The zero-order chi connectivity index (χ0) is 12.3. The van der Waals surface area contributed by atoms with Crippen LogP contribution in [0.3, 0.4) is 0 Å². The summed E-state index contributed by atoms with van der Waals surface area (Å²) in [5.74, 6) is -0.836.